The molecule has 2 rings (SSSR count). The predicted molar refractivity (Wildman–Crippen MR) is 73.8 cm³/mol. The molecule has 3 heteroatoms. The van der Waals surface area contributed by atoms with Crippen molar-refractivity contribution in [1.29, 1.82) is 0 Å². The average molecular weight is 255 g/mol. The van der Waals surface area contributed by atoms with Gasteiger partial charge in [0.1, 0.15) is 0 Å². The van der Waals surface area contributed by atoms with Crippen molar-refractivity contribution < 1.29 is 9.90 Å². The van der Waals surface area contributed by atoms with Crippen LogP contribution in [0.5, 0.6) is 0 Å². The van der Waals surface area contributed by atoms with E-state index < -0.39 is 5.97 Å². The molecule has 3 nitrogen and oxygen atoms in total. The fraction of sp³-hybridized carbons (Fsp3) is 0.250. The molecule has 1 heterocycles. The van der Waals surface area contributed by atoms with Crippen molar-refractivity contribution >= 4 is 5.97 Å². The predicted octanol–water partition coefficient (Wildman–Crippen LogP) is 2.96. The highest BCUT2D eigenvalue weighted by atomic mass is 16.4. The minimum Gasteiger partial charge on any atom is -0.481 e. The molecule has 19 heavy (non-hydrogen) atoms. The fourth-order valence-electron chi connectivity index (χ4n) is 2.08. The number of carboxylic acid groups (broad SMARTS) is 1. The molecule has 1 aromatic heterocycles. The van der Waals surface area contributed by atoms with E-state index in [0.717, 1.165) is 11.3 Å². The van der Waals surface area contributed by atoms with Crippen molar-refractivity contribution in [3.05, 3.63) is 66.0 Å². The highest BCUT2D eigenvalue weighted by Crippen LogP contribution is 2.15. The van der Waals surface area contributed by atoms with E-state index in [1.54, 1.807) is 6.20 Å². The molecule has 0 aliphatic rings. The third-order valence-corrected chi connectivity index (χ3v) is 3.15. The second-order valence-electron chi connectivity index (χ2n) is 4.58. The van der Waals surface area contributed by atoms with Crippen LogP contribution in [0, 0.1) is 5.92 Å². The molecular formula is C16H17NO2. The zero-order valence-electron chi connectivity index (χ0n) is 10.7. The zero-order valence-corrected chi connectivity index (χ0v) is 10.7. The van der Waals surface area contributed by atoms with Crippen LogP contribution in [0.2, 0.25) is 0 Å². The van der Waals surface area contributed by atoms with Crippen LogP contribution < -0.4 is 0 Å². The third-order valence-electron chi connectivity index (χ3n) is 3.15. The number of nitrogens with zero attached hydrogens (tertiary/aromatic N) is 1. The Morgan fingerprint density at radius 3 is 2.47 bits per heavy atom. The van der Waals surface area contributed by atoms with Gasteiger partial charge in [0.25, 0.3) is 0 Å². The first-order valence-corrected chi connectivity index (χ1v) is 6.42. The van der Waals surface area contributed by atoms with Crippen LogP contribution in [-0.2, 0) is 17.6 Å². The lowest BCUT2D eigenvalue weighted by Gasteiger charge is -2.12. The summed E-state index contributed by atoms with van der Waals surface area (Å²) >= 11 is 0. The van der Waals surface area contributed by atoms with Crippen molar-refractivity contribution in [2.75, 3.05) is 0 Å². The van der Waals surface area contributed by atoms with Gasteiger partial charge in [0.05, 0.1) is 5.92 Å². The molecule has 0 aliphatic heterocycles. The molecule has 1 aromatic carbocycles. The van der Waals surface area contributed by atoms with Crippen LogP contribution in [0.25, 0.3) is 0 Å². The van der Waals surface area contributed by atoms with Crippen molar-refractivity contribution in [3.63, 3.8) is 0 Å². The molecule has 0 amide bonds. The summed E-state index contributed by atoms with van der Waals surface area (Å²) in [6, 6.07) is 15.5. The standard InChI is InChI=1S/C16H17NO2/c18-16(19)14(12-13-6-2-1-3-7-13)9-10-15-8-4-5-11-17-15/h1-8,11,14H,9-10,12H2,(H,18,19). The molecule has 0 saturated carbocycles. The van der Waals surface area contributed by atoms with Gasteiger partial charge < -0.3 is 5.11 Å². The van der Waals surface area contributed by atoms with Crippen LogP contribution in [0.1, 0.15) is 17.7 Å². The zero-order chi connectivity index (χ0) is 13.5. The molecule has 0 bridgehead atoms. The first kappa shape index (κ1) is 13.3. The molecule has 0 fully saturated rings. The van der Waals surface area contributed by atoms with Gasteiger partial charge in [-0.05, 0) is 37.0 Å². The van der Waals surface area contributed by atoms with E-state index >= 15 is 0 Å². The summed E-state index contributed by atoms with van der Waals surface area (Å²) in [5.74, 6) is -1.09. The number of pyridine rings is 1. The molecule has 98 valence electrons. The van der Waals surface area contributed by atoms with E-state index in [4.69, 9.17) is 0 Å². The maximum atomic E-state index is 11.3. The maximum Gasteiger partial charge on any atom is 0.306 e. The Hall–Kier alpha value is -2.16. The van der Waals surface area contributed by atoms with Gasteiger partial charge in [0.15, 0.2) is 0 Å². The minimum atomic E-state index is -0.736. The number of carbonyl (C=O) groups is 1. The summed E-state index contributed by atoms with van der Waals surface area (Å²) in [6.07, 6.45) is 3.62. The van der Waals surface area contributed by atoms with Crippen LogP contribution in [0.4, 0.5) is 0 Å². The molecular weight excluding hydrogens is 238 g/mol. The van der Waals surface area contributed by atoms with Gasteiger partial charge in [0.2, 0.25) is 0 Å². The molecule has 0 spiro atoms. The van der Waals surface area contributed by atoms with Crippen LogP contribution in [-0.4, -0.2) is 16.1 Å². The first-order valence-electron chi connectivity index (χ1n) is 6.42. The number of rotatable bonds is 6. The molecule has 1 atom stereocenters. The Balaban J connectivity index is 1.95. The van der Waals surface area contributed by atoms with Crippen molar-refractivity contribution in [3.8, 4) is 0 Å². The summed E-state index contributed by atoms with van der Waals surface area (Å²) in [7, 11) is 0. The largest absolute Gasteiger partial charge is 0.481 e. The lowest BCUT2D eigenvalue weighted by Crippen LogP contribution is -2.17. The van der Waals surface area contributed by atoms with E-state index in [0.29, 0.717) is 19.3 Å². The van der Waals surface area contributed by atoms with Crippen molar-refractivity contribution in [2.45, 2.75) is 19.3 Å². The van der Waals surface area contributed by atoms with Gasteiger partial charge in [0, 0.05) is 11.9 Å². The van der Waals surface area contributed by atoms with Crippen molar-refractivity contribution in [1.82, 2.24) is 4.98 Å². The number of aryl methyl sites for hydroxylation is 1. The monoisotopic (exact) mass is 255 g/mol. The molecule has 2 aromatic rings. The number of hydrogen-bond donors (Lipinski definition) is 1. The van der Waals surface area contributed by atoms with Gasteiger partial charge in [-0.15, -0.1) is 0 Å². The van der Waals surface area contributed by atoms with Gasteiger partial charge in [-0.2, -0.15) is 0 Å². The number of hydrogen-bond acceptors (Lipinski definition) is 2. The number of aliphatic carboxylic acids is 1. The first-order chi connectivity index (χ1) is 9.25. The second kappa shape index (κ2) is 6.69. The van der Waals surface area contributed by atoms with Crippen LogP contribution in [0.3, 0.4) is 0 Å². The van der Waals surface area contributed by atoms with Gasteiger partial charge in [-0.1, -0.05) is 36.4 Å². The molecule has 0 radical (unpaired) electrons. The Kier molecular flexibility index (Phi) is 4.67. The Morgan fingerprint density at radius 2 is 1.84 bits per heavy atom. The maximum absolute atomic E-state index is 11.3. The number of benzene rings is 1. The smallest absolute Gasteiger partial charge is 0.306 e. The highest BCUT2D eigenvalue weighted by molar-refractivity contribution is 5.70. The normalized spacial score (nSPS) is 12.0. The topological polar surface area (TPSA) is 50.2 Å². The van der Waals surface area contributed by atoms with E-state index in [-0.39, 0.29) is 5.92 Å². The molecule has 0 saturated heterocycles. The fourth-order valence-corrected chi connectivity index (χ4v) is 2.08. The number of aromatic nitrogens is 1. The number of carboxylic acids is 1. The molecule has 1 N–H and O–H groups in total. The quantitative estimate of drug-likeness (QED) is 0.863. The van der Waals surface area contributed by atoms with Gasteiger partial charge in [-0.3, -0.25) is 9.78 Å². The molecule has 1 unspecified atom stereocenters. The van der Waals surface area contributed by atoms with E-state index in [9.17, 15) is 9.90 Å². The Morgan fingerprint density at radius 1 is 1.11 bits per heavy atom. The SMILES string of the molecule is O=C(O)C(CCc1ccccn1)Cc1ccccc1. The average Bonchev–Trinajstić information content (AvgIpc) is 2.45. The second-order valence-corrected chi connectivity index (χ2v) is 4.58. The van der Waals surface area contributed by atoms with Crippen molar-refractivity contribution in [2.24, 2.45) is 5.92 Å². The Bertz CT molecular complexity index is 511. The lowest BCUT2D eigenvalue weighted by molar-refractivity contribution is -0.141. The van der Waals surface area contributed by atoms with Crippen LogP contribution in [0.15, 0.2) is 54.7 Å². The Labute approximate surface area is 112 Å². The third kappa shape index (κ3) is 4.21. The summed E-state index contributed by atoms with van der Waals surface area (Å²) in [4.78, 5) is 15.5. The van der Waals surface area contributed by atoms with Crippen LogP contribution >= 0.6 is 0 Å². The summed E-state index contributed by atoms with van der Waals surface area (Å²) in [6.45, 7) is 0. The summed E-state index contributed by atoms with van der Waals surface area (Å²) in [5.41, 5.74) is 2.01. The van der Waals surface area contributed by atoms with Gasteiger partial charge in [-0.25, -0.2) is 0 Å². The highest BCUT2D eigenvalue weighted by Gasteiger charge is 2.17. The summed E-state index contributed by atoms with van der Waals surface area (Å²) < 4.78 is 0. The van der Waals surface area contributed by atoms with Gasteiger partial charge >= 0.3 is 5.97 Å². The van der Waals surface area contributed by atoms with E-state index in [2.05, 4.69) is 4.98 Å². The van der Waals surface area contributed by atoms with E-state index in [1.165, 1.54) is 0 Å². The minimum absolute atomic E-state index is 0.357. The molecule has 0 aliphatic carbocycles. The van der Waals surface area contributed by atoms with E-state index in [1.807, 2.05) is 48.5 Å². The lowest BCUT2D eigenvalue weighted by atomic mass is 9.94. The summed E-state index contributed by atoms with van der Waals surface area (Å²) in [5, 5.41) is 9.29.